The molecule has 1 amide bonds. The summed E-state index contributed by atoms with van der Waals surface area (Å²) in [5.74, 6) is 1.39. The number of hydrogen-bond acceptors (Lipinski definition) is 6. The first-order valence-corrected chi connectivity index (χ1v) is 11.1. The van der Waals surface area contributed by atoms with Crippen molar-refractivity contribution in [3.63, 3.8) is 0 Å². The normalized spacial score (nSPS) is 10.7. The number of aryl methyl sites for hydroxylation is 1. The van der Waals surface area contributed by atoms with Crippen molar-refractivity contribution in [2.75, 3.05) is 18.2 Å². The van der Waals surface area contributed by atoms with Crippen LogP contribution in [0.25, 0.3) is 11.4 Å². The van der Waals surface area contributed by atoms with E-state index in [1.54, 1.807) is 19.5 Å². The van der Waals surface area contributed by atoms with Gasteiger partial charge in [0.1, 0.15) is 5.75 Å². The van der Waals surface area contributed by atoms with E-state index in [1.165, 1.54) is 11.8 Å². The van der Waals surface area contributed by atoms with E-state index >= 15 is 0 Å². The number of nitrogens with one attached hydrogen (secondary N) is 1. The average molecular weight is 446 g/mol. The lowest BCUT2D eigenvalue weighted by Gasteiger charge is -2.12. The van der Waals surface area contributed by atoms with Crippen LogP contribution in [0.5, 0.6) is 5.75 Å². The minimum atomic E-state index is -0.143. The first kappa shape index (κ1) is 21.6. The maximum Gasteiger partial charge on any atom is 0.234 e. The molecular formula is C24H23N5O2S. The zero-order chi connectivity index (χ0) is 22.3. The number of methoxy groups -OCH3 is 1. The number of pyridine rings is 1. The molecule has 0 aliphatic rings. The van der Waals surface area contributed by atoms with Crippen molar-refractivity contribution >= 4 is 23.4 Å². The monoisotopic (exact) mass is 445 g/mol. The van der Waals surface area contributed by atoms with Gasteiger partial charge in [0.15, 0.2) is 11.0 Å². The third kappa shape index (κ3) is 5.15. The van der Waals surface area contributed by atoms with Gasteiger partial charge in [-0.2, -0.15) is 0 Å². The lowest BCUT2D eigenvalue weighted by atomic mass is 10.2. The highest BCUT2D eigenvalue weighted by Crippen LogP contribution is 2.27. The fourth-order valence-corrected chi connectivity index (χ4v) is 3.99. The molecule has 0 spiro atoms. The summed E-state index contributed by atoms with van der Waals surface area (Å²) in [7, 11) is 1.58. The predicted octanol–water partition coefficient (Wildman–Crippen LogP) is 4.44. The standard InChI is InChI=1S/C24H23N5O2S/c1-17-10-11-21(31-2)20(13-17)26-22(30)16-32-24-28-27-23(19-9-6-12-25-14-19)29(24)15-18-7-4-3-5-8-18/h3-14H,15-16H2,1-2H3,(H,26,30). The summed E-state index contributed by atoms with van der Waals surface area (Å²) in [4.78, 5) is 16.9. The number of rotatable bonds is 8. The molecule has 0 unspecified atom stereocenters. The van der Waals surface area contributed by atoms with Crippen molar-refractivity contribution in [2.45, 2.75) is 18.6 Å². The molecule has 2 aromatic heterocycles. The Labute approximate surface area is 190 Å². The van der Waals surface area contributed by atoms with Gasteiger partial charge in [0, 0.05) is 18.0 Å². The molecule has 0 fully saturated rings. The van der Waals surface area contributed by atoms with Crippen LogP contribution in [-0.4, -0.2) is 38.5 Å². The van der Waals surface area contributed by atoms with E-state index in [-0.39, 0.29) is 11.7 Å². The quantitative estimate of drug-likeness (QED) is 0.404. The SMILES string of the molecule is COc1ccc(C)cc1NC(=O)CSc1nnc(-c2cccnc2)n1Cc1ccccc1. The van der Waals surface area contributed by atoms with Gasteiger partial charge in [0.2, 0.25) is 5.91 Å². The number of carbonyl (C=O) groups excluding carboxylic acids is 1. The van der Waals surface area contributed by atoms with Gasteiger partial charge in [-0.3, -0.25) is 14.3 Å². The van der Waals surface area contributed by atoms with Gasteiger partial charge in [-0.15, -0.1) is 10.2 Å². The Kier molecular flexibility index (Phi) is 6.81. The summed E-state index contributed by atoms with van der Waals surface area (Å²) < 4.78 is 7.36. The van der Waals surface area contributed by atoms with Crippen molar-refractivity contribution in [1.29, 1.82) is 0 Å². The molecule has 7 nitrogen and oxygen atoms in total. The lowest BCUT2D eigenvalue weighted by molar-refractivity contribution is -0.113. The van der Waals surface area contributed by atoms with E-state index in [1.807, 2.05) is 60.0 Å². The predicted molar refractivity (Wildman–Crippen MR) is 126 cm³/mol. The van der Waals surface area contributed by atoms with Crippen LogP contribution < -0.4 is 10.1 Å². The van der Waals surface area contributed by atoms with Crippen molar-refractivity contribution in [2.24, 2.45) is 0 Å². The third-order valence-electron chi connectivity index (χ3n) is 4.78. The zero-order valence-corrected chi connectivity index (χ0v) is 18.7. The summed E-state index contributed by atoms with van der Waals surface area (Å²) >= 11 is 1.34. The number of anilines is 1. The van der Waals surface area contributed by atoms with Crippen molar-refractivity contribution in [1.82, 2.24) is 19.7 Å². The molecule has 4 aromatic rings. The van der Waals surface area contributed by atoms with Gasteiger partial charge in [-0.25, -0.2) is 0 Å². The Bertz CT molecular complexity index is 1200. The van der Waals surface area contributed by atoms with Gasteiger partial charge >= 0.3 is 0 Å². The number of carbonyl (C=O) groups is 1. The van der Waals surface area contributed by atoms with Crippen LogP contribution in [0.3, 0.4) is 0 Å². The summed E-state index contributed by atoms with van der Waals surface area (Å²) in [6, 6.07) is 19.6. The minimum absolute atomic E-state index is 0.143. The van der Waals surface area contributed by atoms with Crippen molar-refractivity contribution < 1.29 is 9.53 Å². The number of aromatic nitrogens is 4. The highest BCUT2D eigenvalue weighted by molar-refractivity contribution is 7.99. The van der Waals surface area contributed by atoms with Gasteiger partial charge < -0.3 is 10.1 Å². The number of nitrogens with zero attached hydrogens (tertiary/aromatic N) is 4. The zero-order valence-electron chi connectivity index (χ0n) is 17.9. The second-order valence-electron chi connectivity index (χ2n) is 7.16. The molecule has 0 saturated heterocycles. The third-order valence-corrected chi connectivity index (χ3v) is 5.75. The lowest BCUT2D eigenvalue weighted by Crippen LogP contribution is -2.15. The molecule has 0 aliphatic heterocycles. The van der Waals surface area contributed by atoms with E-state index in [4.69, 9.17) is 4.74 Å². The summed E-state index contributed by atoms with van der Waals surface area (Å²) in [5, 5.41) is 12.3. The topological polar surface area (TPSA) is 81.9 Å². The Morgan fingerprint density at radius 3 is 2.69 bits per heavy atom. The van der Waals surface area contributed by atoms with Crippen LogP contribution >= 0.6 is 11.8 Å². The Hall–Kier alpha value is -3.65. The number of hydrogen-bond donors (Lipinski definition) is 1. The van der Waals surface area contributed by atoms with Gasteiger partial charge in [0.25, 0.3) is 0 Å². The number of benzene rings is 2. The fraction of sp³-hybridized carbons (Fsp3) is 0.167. The highest BCUT2D eigenvalue weighted by atomic mass is 32.2. The molecule has 4 rings (SSSR count). The van der Waals surface area contributed by atoms with Crippen molar-refractivity contribution in [3.05, 3.63) is 84.2 Å². The van der Waals surface area contributed by atoms with Crippen LogP contribution in [0.15, 0.2) is 78.2 Å². The molecule has 1 N–H and O–H groups in total. The van der Waals surface area contributed by atoms with Crippen LogP contribution in [0.1, 0.15) is 11.1 Å². The molecule has 8 heteroatoms. The minimum Gasteiger partial charge on any atom is -0.495 e. The number of thioether (sulfide) groups is 1. The Morgan fingerprint density at radius 2 is 1.94 bits per heavy atom. The average Bonchev–Trinajstić information content (AvgIpc) is 3.21. The molecule has 2 aromatic carbocycles. The van der Waals surface area contributed by atoms with E-state index in [0.717, 1.165) is 16.7 Å². The van der Waals surface area contributed by atoms with Crippen LogP contribution in [0.4, 0.5) is 5.69 Å². The molecule has 32 heavy (non-hydrogen) atoms. The fourth-order valence-electron chi connectivity index (χ4n) is 3.25. The first-order valence-electron chi connectivity index (χ1n) is 10.1. The summed E-state index contributed by atoms with van der Waals surface area (Å²) in [6.45, 7) is 2.56. The van der Waals surface area contributed by atoms with Gasteiger partial charge in [0.05, 0.1) is 25.1 Å². The summed E-state index contributed by atoms with van der Waals surface area (Å²) in [5.41, 5.74) is 3.68. The van der Waals surface area contributed by atoms with E-state index in [2.05, 4.69) is 32.6 Å². The molecule has 0 aliphatic carbocycles. The molecule has 0 atom stereocenters. The Morgan fingerprint density at radius 1 is 1.09 bits per heavy atom. The Balaban J connectivity index is 1.54. The number of amides is 1. The number of ether oxygens (including phenoxy) is 1. The molecule has 0 bridgehead atoms. The van der Waals surface area contributed by atoms with Gasteiger partial charge in [-0.05, 0) is 42.3 Å². The van der Waals surface area contributed by atoms with Crippen LogP contribution in [0.2, 0.25) is 0 Å². The maximum atomic E-state index is 12.7. The van der Waals surface area contributed by atoms with E-state index < -0.39 is 0 Å². The van der Waals surface area contributed by atoms with Crippen molar-refractivity contribution in [3.8, 4) is 17.1 Å². The van der Waals surface area contributed by atoms with Crippen LogP contribution in [-0.2, 0) is 11.3 Å². The van der Waals surface area contributed by atoms with E-state index in [9.17, 15) is 4.79 Å². The molecule has 2 heterocycles. The second kappa shape index (κ2) is 10.1. The van der Waals surface area contributed by atoms with Gasteiger partial charge in [-0.1, -0.05) is 48.2 Å². The maximum absolute atomic E-state index is 12.7. The van der Waals surface area contributed by atoms with Crippen LogP contribution in [0, 0.1) is 6.92 Å². The molecule has 0 radical (unpaired) electrons. The second-order valence-corrected chi connectivity index (χ2v) is 8.10. The molecular weight excluding hydrogens is 422 g/mol. The van der Waals surface area contributed by atoms with E-state index in [0.29, 0.717) is 29.0 Å². The largest absolute Gasteiger partial charge is 0.495 e. The molecule has 0 saturated carbocycles. The molecule has 162 valence electrons. The highest BCUT2D eigenvalue weighted by Gasteiger charge is 2.17. The smallest absolute Gasteiger partial charge is 0.234 e. The first-order chi connectivity index (χ1) is 15.6. The summed E-state index contributed by atoms with van der Waals surface area (Å²) in [6.07, 6.45) is 3.48.